The van der Waals surface area contributed by atoms with E-state index < -0.39 is 47.6 Å². The molecule has 0 bridgehead atoms. The van der Waals surface area contributed by atoms with Crippen LogP contribution < -0.4 is 0 Å². The number of ether oxygens (including phenoxy) is 2. The van der Waals surface area contributed by atoms with Crippen molar-refractivity contribution in [3.63, 3.8) is 0 Å². The normalized spacial score (nSPS) is 24.3. The molecule has 5 rings (SSSR count). The van der Waals surface area contributed by atoms with Crippen molar-refractivity contribution in [2.24, 2.45) is 11.8 Å². The van der Waals surface area contributed by atoms with Gasteiger partial charge in [-0.25, -0.2) is 4.39 Å². The molecule has 2 heterocycles. The molecule has 0 unspecified atom stereocenters. The zero-order chi connectivity index (χ0) is 29.5. The Morgan fingerprint density at radius 3 is 2.17 bits per heavy atom. The highest BCUT2D eigenvalue weighted by Crippen LogP contribution is 2.46. The molecule has 2 fully saturated rings. The van der Waals surface area contributed by atoms with Gasteiger partial charge in [0.05, 0.1) is 23.8 Å². The number of fused-ring (bicyclic) bond motifs is 1. The van der Waals surface area contributed by atoms with Gasteiger partial charge in [-0.15, -0.1) is 0 Å². The fraction of sp³-hybridized carbons (Fsp3) is 0.419. The number of alkyl halides is 6. The maximum absolute atomic E-state index is 14.0. The van der Waals surface area contributed by atoms with Crippen LogP contribution in [0.4, 0.5) is 30.7 Å². The van der Waals surface area contributed by atoms with Crippen molar-refractivity contribution in [1.29, 1.82) is 0 Å². The van der Waals surface area contributed by atoms with E-state index in [0.29, 0.717) is 30.8 Å². The second-order valence-electron chi connectivity index (χ2n) is 10.9. The zero-order valence-electron chi connectivity index (χ0n) is 22.5. The predicted molar refractivity (Wildman–Crippen MR) is 138 cm³/mol. The fourth-order valence-electron chi connectivity index (χ4n) is 6.07. The summed E-state index contributed by atoms with van der Waals surface area (Å²) in [6, 6.07) is 15.8. The third kappa shape index (κ3) is 6.60. The Bertz CT molecular complexity index is 1330. The molecule has 2 aliphatic rings. The van der Waals surface area contributed by atoms with Gasteiger partial charge in [0, 0.05) is 25.6 Å². The largest absolute Gasteiger partial charge is 0.416 e. The molecule has 220 valence electrons. The zero-order valence-corrected chi connectivity index (χ0v) is 22.5. The van der Waals surface area contributed by atoms with Crippen LogP contribution in [0.2, 0.25) is 0 Å². The monoisotopic (exact) mass is 581 g/mol. The second kappa shape index (κ2) is 11.4. The van der Waals surface area contributed by atoms with E-state index in [2.05, 4.69) is 4.90 Å². The van der Waals surface area contributed by atoms with E-state index in [1.807, 2.05) is 30.3 Å². The van der Waals surface area contributed by atoms with Gasteiger partial charge in [-0.3, -0.25) is 4.90 Å². The number of nitrogens with zero attached hydrogens (tertiary/aromatic N) is 1. The predicted octanol–water partition coefficient (Wildman–Crippen LogP) is 8.14. The van der Waals surface area contributed by atoms with Gasteiger partial charge in [0.25, 0.3) is 0 Å². The number of hydrogen-bond donors (Lipinski definition) is 0. The van der Waals surface area contributed by atoms with E-state index in [-0.39, 0.29) is 23.5 Å². The summed E-state index contributed by atoms with van der Waals surface area (Å²) >= 11 is 0. The first-order chi connectivity index (χ1) is 19.3. The molecular weight excluding hydrogens is 551 g/mol. The molecule has 2 aliphatic heterocycles. The maximum Gasteiger partial charge on any atom is 0.416 e. The van der Waals surface area contributed by atoms with Crippen molar-refractivity contribution in [2.45, 2.75) is 51.1 Å². The minimum absolute atomic E-state index is 0.0149. The number of aryl methyl sites for hydroxylation is 1. The van der Waals surface area contributed by atoms with Crippen LogP contribution in [0, 0.1) is 24.6 Å². The molecule has 0 amide bonds. The van der Waals surface area contributed by atoms with Crippen LogP contribution in [-0.2, 0) is 28.4 Å². The first-order valence-corrected chi connectivity index (χ1v) is 13.4. The van der Waals surface area contributed by atoms with Gasteiger partial charge < -0.3 is 9.47 Å². The summed E-state index contributed by atoms with van der Waals surface area (Å²) in [5, 5.41) is 0. The summed E-state index contributed by atoms with van der Waals surface area (Å²) in [7, 11) is 0. The summed E-state index contributed by atoms with van der Waals surface area (Å²) in [6.45, 7) is 5.65. The van der Waals surface area contributed by atoms with Crippen molar-refractivity contribution in [2.75, 3.05) is 19.7 Å². The fourth-order valence-corrected chi connectivity index (χ4v) is 6.07. The molecule has 3 nitrogen and oxygen atoms in total. The van der Waals surface area contributed by atoms with E-state index >= 15 is 0 Å². The molecule has 3 aromatic carbocycles. The van der Waals surface area contributed by atoms with Crippen LogP contribution in [0.1, 0.15) is 52.3 Å². The highest BCUT2D eigenvalue weighted by atomic mass is 19.4. The third-order valence-electron chi connectivity index (χ3n) is 8.05. The molecule has 0 spiro atoms. The topological polar surface area (TPSA) is 21.7 Å². The molecule has 2 saturated heterocycles. The number of halogens is 7. The third-order valence-corrected chi connectivity index (χ3v) is 8.05. The summed E-state index contributed by atoms with van der Waals surface area (Å²) in [5.41, 5.74) is -0.473. The van der Waals surface area contributed by atoms with Gasteiger partial charge in [0.2, 0.25) is 0 Å². The smallest absolute Gasteiger partial charge is 0.352 e. The van der Waals surface area contributed by atoms with Crippen LogP contribution in [0.3, 0.4) is 0 Å². The lowest BCUT2D eigenvalue weighted by atomic mass is 9.76. The van der Waals surface area contributed by atoms with Crippen LogP contribution in [0.25, 0.3) is 0 Å². The van der Waals surface area contributed by atoms with Crippen molar-refractivity contribution >= 4 is 0 Å². The Morgan fingerprint density at radius 1 is 0.902 bits per heavy atom. The first kappa shape index (κ1) is 29.5. The number of hydrogen-bond acceptors (Lipinski definition) is 3. The van der Waals surface area contributed by atoms with Crippen LogP contribution >= 0.6 is 0 Å². The van der Waals surface area contributed by atoms with E-state index in [1.165, 1.54) is 19.1 Å². The van der Waals surface area contributed by atoms with Gasteiger partial charge in [-0.05, 0) is 78.3 Å². The van der Waals surface area contributed by atoms with Gasteiger partial charge >= 0.3 is 12.4 Å². The average Bonchev–Trinajstić information content (AvgIpc) is 3.31. The Kier molecular flexibility index (Phi) is 8.20. The SMILES string of the molecule is Cc1cc(F)ccc1[C@@H]1[C@@H](O[C@H](C)c2cc(C(F)(F)F)cc(C(F)(F)F)c2)OC[C@@H]2CN(Cc3ccccc3)C[C@H]21. The first-order valence-electron chi connectivity index (χ1n) is 13.4. The van der Waals surface area contributed by atoms with Gasteiger partial charge in [-0.1, -0.05) is 36.4 Å². The standard InChI is InChI=1S/C31H30F7NO2/c1-18-10-25(32)8-9-26(18)28-27-16-39(14-20-6-4-3-5-7-20)15-22(27)17-40-29(28)41-19(2)21-11-23(30(33,34)35)13-24(12-21)31(36,37)38/h3-13,19,22,27-29H,14-17H2,1-2H3/t19-,22+,27-,28+,29-/m1/s1. The van der Waals surface area contributed by atoms with Crippen LogP contribution in [0.5, 0.6) is 0 Å². The number of rotatable bonds is 6. The molecule has 5 atom stereocenters. The average molecular weight is 582 g/mol. The molecule has 0 aromatic heterocycles. The summed E-state index contributed by atoms with van der Waals surface area (Å²) in [5.74, 6) is -0.689. The van der Waals surface area contributed by atoms with Crippen molar-refractivity contribution in [1.82, 2.24) is 4.90 Å². The Balaban J connectivity index is 1.45. The van der Waals surface area contributed by atoms with Crippen molar-refractivity contribution in [3.05, 3.63) is 106 Å². The lowest BCUT2D eigenvalue weighted by Crippen LogP contribution is -2.42. The van der Waals surface area contributed by atoms with Crippen LogP contribution in [0.15, 0.2) is 66.7 Å². The number of likely N-dealkylation sites (tertiary alicyclic amines) is 1. The second-order valence-corrected chi connectivity index (χ2v) is 10.9. The van der Waals surface area contributed by atoms with Gasteiger partial charge in [-0.2, -0.15) is 26.3 Å². The molecule has 0 aliphatic carbocycles. The molecule has 10 heteroatoms. The van der Waals surface area contributed by atoms with Crippen molar-refractivity contribution < 1.29 is 40.2 Å². The molecule has 0 radical (unpaired) electrons. The molecular formula is C31H30F7NO2. The summed E-state index contributed by atoms with van der Waals surface area (Å²) in [4.78, 5) is 2.30. The highest BCUT2D eigenvalue weighted by molar-refractivity contribution is 5.35. The van der Waals surface area contributed by atoms with Gasteiger partial charge in [0.15, 0.2) is 6.29 Å². The van der Waals surface area contributed by atoms with E-state index in [0.717, 1.165) is 24.2 Å². The minimum atomic E-state index is -4.97. The molecule has 3 aromatic rings. The molecule has 0 N–H and O–H groups in total. The lowest BCUT2D eigenvalue weighted by molar-refractivity contribution is -0.217. The summed E-state index contributed by atoms with van der Waals surface area (Å²) < 4.78 is 107. The highest BCUT2D eigenvalue weighted by Gasteiger charge is 2.47. The Hall–Kier alpha value is -2.95. The lowest BCUT2D eigenvalue weighted by Gasteiger charge is -2.41. The van der Waals surface area contributed by atoms with E-state index in [1.54, 1.807) is 13.0 Å². The maximum atomic E-state index is 14.0. The number of benzene rings is 3. The molecule has 41 heavy (non-hydrogen) atoms. The Labute approximate surface area is 233 Å². The van der Waals surface area contributed by atoms with Crippen LogP contribution in [-0.4, -0.2) is 30.9 Å². The van der Waals surface area contributed by atoms with E-state index in [4.69, 9.17) is 9.47 Å². The van der Waals surface area contributed by atoms with Crippen molar-refractivity contribution in [3.8, 4) is 0 Å². The minimum Gasteiger partial charge on any atom is -0.352 e. The Morgan fingerprint density at radius 2 is 1.56 bits per heavy atom. The van der Waals surface area contributed by atoms with E-state index in [9.17, 15) is 30.7 Å². The van der Waals surface area contributed by atoms with Gasteiger partial charge in [0.1, 0.15) is 5.82 Å². The quantitative estimate of drug-likeness (QED) is 0.275. The summed E-state index contributed by atoms with van der Waals surface area (Å²) in [6.07, 6.45) is -12.0. The molecule has 0 saturated carbocycles.